The molecule has 0 bridgehead atoms. The van der Waals surface area contributed by atoms with Crippen LogP contribution in [0.3, 0.4) is 0 Å². The standard InChI is InChI=1S/C16H28N2O4/c1-5-12(6-2)22-14-9-11(16(20)21-7-3)8-13(17)15(14)18-10(4)19/h9,12-15H,5-8,17H2,1-4H3,(H,18,19)/t13-,14+,15+/m0/s1/i4D3. The highest BCUT2D eigenvalue weighted by Crippen LogP contribution is 2.24. The van der Waals surface area contributed by atoms with Gasteiger partial charge in [0.2, 0.25) is 5.91 Å². The third-order valence-electron chi connectivity index (χ3n) is 3.73. The maximum atomic E-state index is 12.0. The lowest BCUT2D eigenvalue weighted by atomic mass is 9.88. The summed E-state index contributed by atoms with van der Waals surface area (Å²) in [6.45, 7) is 3.09. The highest BCUT2D eigenvalue weighted by Gasteiger charge is 2.35. The van der Waals surface area contributed by atoms with Crippen molar-refractivity contribution in [1.29, 1.82) is 0 Å². The van der Waals surface area contributed by atoms with E-state index in [-0.39, 0.29) is 19.1 Å². The number of hydrogen-bond acceptors (Lipinski definition) is 5. The van der Waals surface area contributed by atoms with Crippen molar-refractivity contribution in [2.75, 3.05) is 6.61 Å². The number of nitrogens with two attached hydrogens (primary N) is 1. The molecule has 1 aliphatic carbocycles. The third-order valence-corrected chi connectivity index (χ3v) is 3.73. The fourth-order valence-corrected chi connectivity index (χ4v) is 2.54. The van der Waals surface area contributed by atoms with Crippen molar-refractivity contribution in [3.8, 4) is 0 Å². The van der Waals surface area contributed by atoms with Crippen LogP contribution in [-0.4, -0.2) is 42.8 Å². The predicted molar refractivity (Wildman–Crippen MR) is 84.2 cm³/mol. The second-order valence-corrected chi connectivity index (χ2v) is 5.32. The van der Waals surface area contributed by atoms with Crippen LogP contribution in [0, 0.1) is 0 Å². The van der Waals surface area contributed by atoms with Gasteiger partial charge in [0.1, 0.15) is 0 Å². The van der Waals surface area contributed by atoms with Crippen molar-refractivity contribution in [3.63, 3.8) is 0 Å². The number of hydrogen-bond donors (Lipinski definition) is 2. The molecule has 0 saturated heterocycles. The molecule has 1 aliphatic rings. The Morgan fingerprint density at radius 2 is 2.14 bits per heavy atom. The molecule has 0 saturated carbocycles. The molecule has 0 aromatic carbocycles. The van der Waals surface area contributed by atoms with E-state index >= 15 is 0 Å². The lowest BCUT2D eigenvalue weighted by molar-refractivity contribution is -0.139. The van der Waals surface area contributed by atoms with E-state index in [2.05, 4.69) is 5.32 Å². The Hall–Kier alpha value is -1.40. The minimum Gasteiger partial charge on any atom is -0.463 e. The summed E-state index contributed by atoms with van der Waals surface area (Å²) in [6.07, 6.45) is 2.45. The van der Waals surface area contributed by atoms with Gasteiger partial charge in [-0.2, -0.15) is 0 Å². The summed E-state index contributed by atoms with van der Waals surface area (Å²) in [5.74, 6) is -1.56. The Morgan fingerprint density at radius 1 is 1.45 bits per heavy atom. The van der Waals surface area contributed by atoms with Crippen molar-refractivity contribution in [3.05, 3.63) is 11.6 Å². The Kier molecular flexibility index (Phi) is 5.75. The average Bonchev–Trinajstić information content (AvgIpc) is 2.54. The van der Waals surface area contributed by atoms with Gasteiger partial charge < -0.3 is 20.5 Å². The zero-order valence-electron chi connectivity index (χ0n) is 16.4. The fourth-order valence-electron chi connectivity index (χ4n) is 2.54. The molecule has 1 rings (SSSR count). The lowest BCUT2D eigenvalue weighted by Crippen LogP contribution is -2.57. The smallest absolute Gasteiger partial charge is 0.333 e. The van der Waals surface area contributed by atoms with Crippen LogP contribution in [0.1, 0.15) is 51.0 Å². The number of rotatable bonds is 7. The van der Waals surface area contributed by atoms with E-state index < -0.39 is 36.9 Å². The summed E-state index contributed by atoms with van der Waals surface area (Å²) < 4.78 is 32.6. The number of amides is 1. The molecule has 0 radical (unpaired) electrons. The van der Waals surface area contributed by atoms with Gasteiger partial charge in [-0.3, -0.25) is 4.79 Å². The van der Waals surface area contributed by atoms with Gasteiger partial charge in [-0.15, -0.1) is 0 Å². The summed E-state index contributed by atoms with van der Waals surface area (Å²) in [5, 5.41) is 2.46. The molecule has 6 heteroatoms. The summed E-state index contributed by atoms with van der Waals surface area (Å²) in [7, 11) is 0. The quantitative estimate of drug-likeness (QED) is 0.691. The van der Waals surface area contributed by atoms with Gasteiger partial charge in [-0.1, -0.05) is 13.8 Å². The Morgan fingerprint density at radius 3 is 2.68 bits per heavy atom. The van der Waals surface area contributed by atoms with E-state index in [1.807, 2.05) is 13.8 Å². The number of carbonyl (C=O) groups is 2. The fraction of sp³-hybridized carbons (Fsp3) is 0.750. The molecule has 0 heterocycles. The number of carbonyl (C=O) groups excluding carboxylic acids is 2. The monoisotopic (exact) mass is 315 g/mol. The van der Waals surface area contributed by atoms with Crippen LogP contribution in [0.15, 0.2) is 11.6 Å². The Labute approximate surface area is 136 Å². The topological polar surface area (TPSA) is 90.7 Å². The molecule has 0 spiro atoms. The van der Waals surface area contributed by atoms with Crippen molar-refractivity contribution in [2.45, 2.75) is 71.2 Å². The third kappa shape index (κ3) is 5.10. The van der Waals surface area contributed by atoms with Gasteiger partial charge in [0.25, 0.3) is 0 Å². The number of ether oxygens (including phenoxy) is 2. The van der Waals surface area contributed by atoms with E-state index in [9.17, 15) is 9.59 Å². The summed E-state index contributed by atoms with van der Waals surface area (Å²) in [4.78, 5) is 23.9. The average molecular weight is 315 g/mol. The van der Waals surface area contributed by atoms with Gasteiger partial charge in [-0.05, 0) is 32.3 Å². The number of nitrogens with one attached hydrogen (secondary N) is 1. The zero-order valence-corrected chi connectivity index (χ0v) is 13.4. The van der Waals surface area contributed by atoms with Crippen molar-refractivity contribution >= 4 is 11.9 Å². The van der Waals surface area contributed by atoms with Gasteiger partial charge in [0, 0.05) is 22.6 Å². The largest absolute Gasteiger partial charge is 0.463 e. The van der Waals surface area contributed by atoms with Crippen LogP contribution in [-0.2, 0) is 19.1 Å². The van der Waals surface area contributed by atoms with Gasteiger partial charge in [0.15, 0.2) is 0 Å². The van der Waals surface area contributed by atoms with E-state index in [0.717, 1.165) is 12.8 Å². The van der Waals surface area contributed by atoms with Gasteiger partial charge >= 0.3 is 5.97 Å². The molecule has 0 aromatic rings. The predicted octanol–water partition coefficient (Wildman–Crippen LogP) is 1.29. The van der Waals surface area contributed by atoms with Crippen LogP contribution >= 0.6 is 0 Å². The second-order valence-electron chi connectivity index (χ2n) is 5.32. The van der Waals surface area contributed by atoms with E-state index in [0.29, 0.717) is 5.57 Å². The minimum absolute atomic E-state index is 0.0952. The number of esters is 1. The highest BCUT2D eigenvalue weighted by molar-refractivity contribution is 5.89. The molecule has 0 fully saturated rings. The first-order chi connectivity index (χ1) is 11.6. The van der Waals surface area contributed by atoms with Crippen LogP contribution < -0.4 is 11.1 Å². The highest BCUT2D eigenvalue weighted by atomic mass is 16.5. The first-order valence-electron chi connectivity index (χ1n) is 9.23. The van der Waals surface area contributed by atoms with Crippen LogP contribution in [0.25, 0.3) is 0 Å². The Balaban J connectivity index is 3.07. The molecule has 1 amide bonds. The van der Waals surface area contributed by atoms with E-state index in [1.165, 1.54) is 0 Å². The minimum atomic E-state index is -2.77. The molecule has 3 N–H and O–H groups in total. The molecule has 0 aliphatic heterocycles. The summed E-state index contributed by atoms with van der Waals surface area (Å²) in [5.41, 5.74) is 6.50. The molecule has 22 heavy (non-hydrogen) atoms. The first-order valence-corrected chi connectivity index (χ1v) is 7.73. The van der Waals surface area contributed by atoms with Crippen molar-refractivity contribution < 1.29 is 23.2 Å². The van der Waals surface area contributed by atoms with Crippen molar-refractivity contribution in [1.82, 2.24) is 5.32 Å². The molecule has 0 aromatic heterocycles. The normalized spacial score (nSPS) is 27.4. The molecule has 3 atom stereocenters. The van der Waals surface area contributed by atoms with Crippen LogP contribution in [0.4, 0.5) is 0 Å². The molecule has 126 valence electrons. The molecule has 6 nitrogen and oxygen atoms in total. The van der Waals surface area contributed by atoms with Crippen molar-refractivity contribution in [2.24, 2.45) is 5.73 Å². The Bertz CT molecular complexity index is 504. The molecule has 0 unspecified atom stereocenters. The molecular formula is C16H28N2O4. The van der Waals surface area contributed by atoms with Crippen LogP contribution in [0.2, 0.25) is 0 Å². The summed E-state index contributed by atoms with van der Waals surface area (Å²) in [6, 6.07) is -1.39. The van der Waals surface area contributed by atoms with E-state index in [4.69, 9.17) is 19.3 Å². The summed E-state index contributed by atoms with van der Waals surface area (Å²) >= 11 is 0. The molecular weight excluding hydrogens is 284 g/mol. The SMILES string of the molecule is [2H]C([2H])([2H])C(=O)N[C@@H]1[C@@H](N)CC(C(=O)OCC)=C[C@H]1OC(CC)CC. The van der Waals surface area contributed by atoms with Crippen LogP contribution in [0.5, 0.6) is 0 Å². The zero-order chi connectivity index (χ0) is 19.2. The van der Waals surface area contributed by atoms with Gasteiger partial charge in [-0.25, -0.2) is 4.79 Å². The maximum Gasteiger partial charge on any atom is 0.333 e. The lowest BCUT2D eigenvalue weighted by Gasteiger charge is -2.36. The van der Waals surface area contributed by atoms with E-state index in [1.54, 1.807) is 13.0 Å². The van der Waals surface area contributed by atoms with Gasteiger partial charge in [0.05, 0.1) is 24.9 Å². The first kappa shape index (κ1) is 14.2. The second kappa shape index (κ2) is 8.90. The maximum absolute atomic E-state index is 12.0.